The summed E-state index contributed by atoms with van der Waals surface area (Å²) in [5, 5.41) is 4.55. The van der Waals surface area contributed by atoms with Crippen LogP contribution in [0.2, 0.25) is 0 Å². The molecule has 7 heteroatoms. The first-order chi connectivity index (χ1) is 14.1. The number of ether oxygens (including phenoxy) is 1. The maximum absolute atomic E-state index is 13.1. The van der Waals surface area contributed by atoms with Crippen molar-refractivity contribution in [2.75, 3.05) is 38.2 Å². The van der Waals surface area contributed by atoms with Crippen LogP contribution in [0.25, 0.3) is 11.3 Å². The molecule has 4 rings (SSSR count). The highest BCUT2D eigenvalue weighted by Gasteiger charge is 2.18. The van der Waals surface area contributed by atoms with Gasteiger partial charge in [-0.2, -0.15) is 5.10 Å². The topological polar surface area (TPSA) is 50.6 Å². The monoisotopic (exact) mass is 394 g/mol. The van der Waals surface area contributed by atoms with Crippen LogP contribution in [0.3, 0.4) is 0 Å². The molecule has 2 heterocycles. The van der Waals surface area contributed by atoms with Gasteiger partial charge in [-0.1, -0.05) is 0 Å². The van der Waals surface area contributed by atoms with Crippen LogP contribution in [0.5, 0.6) is 5.75 Å². The predicted molar refractivity (Wildman–Crippen MR) is 111 cm³/mol. The standard InChI is InChI=1S/C22H23FN4O2/c1-29-20-8-2-17(3-9-20)21-10-11-22(28)27(24-21)16-25-12-14-26(15-13-25)19-6-4-18(23)5-7-19/h2-11H,12-16H2,1H3. The van der Waals surface area contributed by atoms with Gasteiger partial charge in [0.2, 0.25) is 0 Å². The molecule has 0 aliphatic carbocycles. The second kappa shape index (κ2) is 8.45. The third-order valence-corrected chi connectivity index (χ3v) is 5.15. The van der Waals surface area contributed by atoms with Gasteiger partial charge in [-0.15, -0.1) is 0 Å². The minimum Gasteiger partial charge on any atom is -0.497 e. The van der Waals surface area contributed by atoms with E-state index in [0.29, 0.717) is 6.67 Å². The van der Waals surface area contributed by atoms with Crippen molar-refractivity contribution < 1.29 is 9.13 Å². The maximum atomic E-state index is 13.1. The molecule has 0 saturated carbocycles. The molecule has 150 valence electrons. The minimum absolute atomic E-state index is 0.122. The first-order valence-corrected chi connectivity index (χ1v) is 9.58. The van der Waals surface area contributed by atoms with E-state index in [-0.39, 0.29) is 11.4 Å². The van der Waals surface area contributed by atoms with E-state index in [0.717, 1.165) is 48.9 Å². The van der Waals surface area contributed by atoms with Crippen LogP contribution in [-0.4, -0.2) is 48.0 Å². The number of anilines is 1. The van der Waals surface area contributed by atoms with E-state index in [9.17, 15) is 9.18 Å². The van der Waals surface area contributed by atoms with E-state index in [1.54, 1.807) is 31.4 Å². The highest BCUT2D eigenvalue weighted by molar-refractivity contribution is 5.59. The largest absolute Gasteiger partial charge is 0.497 e. The van der Waals surface area contributed by atoms with Crippen molar-refractivity contribution in [1.29, 1.82) is 0 Å². The van der Waals surface area contributed by atoms with E-state index < -0.39 is 0 Å². The van der Waals surface area contributed by atoms with Crippen molar-refractivity contribution in [2.24, 2.45) is 0 Å². The summed E-state index contributed by atoms with van der Waals surface area (Å²) in [5.41, 5.74) is 2.57. The van der Waals surface area contributed by atoms with Crippen LogP contribution in [-0.2, 0) is 6.67 Å². The number of nitrogens with zero attached hydrogens (tertiary/aromatic N) is 4. The van der Waals surface area contributed by atoms with Crippen molar-refractivity contribution in [1.82, 2.24) is 14.7 Å². The summed E-state index contributed by atoms with van der Waals surface area (Å²) >= 11 is 0. The number of hydrogen-bond donors (Lipinski definition) is 0. The maximum Gasteiger partial charge on any atom is 0.268 e. The van der Waals surface area contributed by atoms with E-state index >= 15 is 0 Å². The van der Waals surface area contributed by atoms with E-state index in [1.165, 1.54) is 16.8 Å². The molecule has 1 aliphatic heterocycles. The Balaban J connectivity index is 1.43. The summed E-state index contributed by atoms with van der Waals surface area (Å²) in [4.78, 5) is 16.7. The molecule has 6 nitrogen and oxygen atoms in total. The SMILES string of the molecule is COc1ccc(-c2ccc(=O)n(CN3CCN(c4ccc(F)cc4)CC3)n2)cc1. The zero-order valence-electron chi connectivity index (χ0n) is 16.3. The van der Waals surface area contributed by atoms with Gasteiger partial charge in [0.15, 0.2) is 0 Å². The molecule has 1 aliphatic rings. The van der Waals surface area contributed by atoms with Gasteiger partial charge in [0.25, 0.3) is 5.56 Å². The number of hydrogen-bond acceptors (Lipinski definition) is 5. The quantitative estimate of drug-likeness (QED) is 0.666. The molecule has 2 aromatic carbocycles. The Morgan fingerprint density at radius 2 is 1.62 bits per heavy atom. The fourth-order valence-corrected chi connectivity index (χ4v) is 3.45. The molecule has 1 saturated heterocycles. The molecule has 29 heavy (non-hydrogen) atoms. The van der Waals surface area contributed by atoms with Gasteiger partial charge in [0.05, 0.1) is 19.5 Å². The lowest BCUT2D eigenvalue weighted by molar-refractivity contribution is 0.192. The zero-order chi connectivity index (χ0) is 20.2. The van der Waals surface area contributed by atoms with Gasteiger partial charge < -0.3 is 9.64 Å². The van der Waals surface area contributed by atoms with Gasteiger partial charge in [-0.3, -0.25) is 9.69 Å². The van der Waals surface area contributed by atoms with Crippen molar-refractivity contribution in [3.63, 3.8) is 0 Å². The molecular weight excluding hydrogens is 371 g/mol. The molecule has 1 fully saturated rings. The fourth-order valence-electron chi connectivity index (χ4n) is 3.45. The summed E-state index contributed by atoms with van der Waals surface area (Å²) in [7, 11) is 1.63. The smallest absolute Gasteiger partial charge is 0.268 e. The first-order valence-electron chi connectivity index (χ1n) is 9.58. The van der Waals surface area contributed by atoms with Crippen molar-refractivity contribution in [3.8, 4) is 17.0 Å². The molecule has 3 aromatic rings. The van der Waals surface area contributed by atoms with Crippen molar-refractivity contribution in [2.45, 2.75) is 6.67 Å². The zero-order valence-corrected chi connectivity index (χ0v) is 16.3. The Bertz CT molecular complexity index is 1010. The number of methoxy groups -OCH3 is 1. The Morgan fingerprint density at radius 1 is 0.931 bits per heavy atom. The Hall–Kier alpha value is -3.19. The van der Waals surface area contributed by atoms with E-state index in [2.05, 4.69) is 14.9 Å². The Labute approximate surface area is 168 Å². The Morgan fingerprint density at radius 3 is 2.28 bits per heavy atom. The summed E-state index contributed by atoms with van der Waals surface area (Å²) in [5.74, 6) is 0.552. The van der Waals surface area contributed by atoms with Gasteiger partial charge in [0.1, 0.15) is 11.6 Å². The van der Waals surface area contributed by atoms with Gasteiger partial charge in [-0.05, 0) is 54.6 Å². The van der Waals surface area contributed by atoms with Crippen LogP contribution < -0.4 is 15.2 Å². The lowest BCUT2D eigenvalue weighted by Gasteiger charge is -2.36. The summed E-state index contributed by atoms with van der Waals surface area (Å²) < 4.78 is 19.8. The van der Waals surface area contributed by atoms with Gasteiger partial charge in [-0.25, -0.2) is 9.07 Å². The minimum atomic E-state index is -0.227. The summed E-state index contributed by atoms with van der Waals surface area (Å²) in [6.45, 7) is 3.69. The molecule has 1 aromatic heterocycles. The molecule has 0 bridgehead atoms. The molecule has 0 unspecified atom stereocenters. The normalized spacial score (nSPS) is 14.8. The Kier molecular flexibility index (Phi) is 5.57. The van der Waals surface area contributed by atoms with Gasteiger partial charge in [0, 0.05) is 43.5 Å². The van der Waals surface area contributed by atoms with Crippen LogP contribution in [0.1, 0.15) is 0 Å². The third-order valence-electron chi connectivity index (χ3n) is 5.15. The van der Waals surface area contributed by atoms with E-state index in [4.69, 9.17) is 4.74 Å². The average Bonchev–Trinajstić information content (AvgIpc) is 2.76. The molecule has 0 radical (unpaired) electrons. The predicted octanol–water partition coefficient (Wildman–Crippen LogP) is 2.84. The highest BCUT2D eigenvalue weighted by atomic mass is 19.1. The highest BCUT2D eigenvalue weighted by Crippen LogP contribution is 2.20. The summed E-state index contributed by atoms with van der Waals surface area (Å²) in [6.07, 6.45) is 0. The number of rotatable bonds is 5. The molecule has 0 atom stereocenters. The number of aromatic nitrogens is 2. The van der Waals surface area contributed by atoms with E-state index in [1.807, 2.05) is 24.3 Å². The van der Waals surface area contributed by atoms with Crippen LogP contribution in [0, 0.1) is 5.82 Å². The second-order valence-electron chi connectivity index (χ2n) is 7.01. The number of benzene rings is 2. The number of halogens is 1. The molecule has 0 amide bonds. The van der Waals surface area contributed by atoms with Gasteiger partial charge >= 0.3 is 0 Å². The fraction of sp³-hybridized carbons (Fsp3) is 0.273. The lowest BCUT2D eigenvalue weighted by Crippen LogP contribution is -2.48. The van der Waals surface area contributed by atoms with Crippen LogP contribution in [0.4, 0.5) is 10.1 Å². The number of piperazine rings is 1. The first kappa shape index (κ1) is 19.1. The average molecular weight is 394 g/mol. The van der Waals surface area contributed by atoms with Crippen molar-refractivity contribution in [3.05, 3.63) is 76.8 Å². The molecule has 0 N–H and O–H groups in total. The molecular formula is C22H23FN4O2. The lowest BCUT2D eigenvalue weighted by atomic mass is 10.1. The third kappa shape index (κ3) is 4.46. The molecule has 0 spiro atoms. The van der Waals surface area contributed by atoms with Crippen LogP contribution in [0.15, 0.2) is 65.5 Å². The van der Waals surface area contributed by atoms with Crippen molar-refractivity contribution >= 4 is 5.69 Å². The second-order valence-corrected chi connectivity index (χ2v) is 7.01. The van der Waals surface area contributed by atoms with Crippen LogP contribution >= 0.6 is 0 Å². The summed E-state index contributed by atoms with van der Waals surface area (Å²) in [6, 6.07) is 17.5.